The van der Waals surface area contributed by atoms with Gasteiger partial charge in [-0.3, -0.25) is 4.79 Å². The van der Waals surface area contributed by atoms with Crippen LogP contribution in [-0.2, 0) is 28.5 Å². The van der Waals surface area contributed by atoms with Gasteiger partial charge in [-0.15, -0.1) is 0 Å². The minimum Gasteiger partial charge on any atom is -0.490 e. The number of carbonyl (C=O) groups excluding carboxylic acids is 2. The van der Waals surface area contributed by atoms with Crippen LogP contribution in [0.3, 0.4) is 0 Å². The van der Waals surface area contributed by atoms with Gasteiger partial charge in [-0.2, -0.15) is 0 Å². The van der Waals surface area contributed by atoms with Crippen LogP contribution in [0.2, 0.25) is 0 Å². The van der Waals surface area contributed by atoms with Crippen molar-refractivity contribution in [3.8, 4) is 5.75 Å². The first-order valence-electron chi connectivity index (χ1n) is 11.5. The van der Waals surface area contributed by atoms with Crippen molar-refractivity contribution in [3.05, 3.63) is 43.0 Å². The summed E-state index contributed by atoms with van der Waals surface area (Å²) in [7, 11) is 0. The van der Waals surface area contributed by atoms with Gasteiger partial charge in [0.15, 0.2) is 6.10 Å². The zero-order valence-corrected chi connectivity index (χ0v) is 19.3. The second kappa shape index (κ2) is 19.3. The van der Waals surface area contributed by atoms with E-state index in [0.29, 0.717) is 26.2 Å². The number of rotatable bonds is 20. The van der Waals surface area contributed by atoms with Crippen molar-refractivity contribution >= 4 is 11.9 Å². The number of unbranched alkanes of at least 4 members (excludes halogenated alkanes) is 4. The summed E-state index contributed by atoms with van der Waals surface area (Å²) in [6, 6.07) is 9.42. The SMILES string of the molecule is C=CC(=O)OCCCCCCC(=O)OC(COCCCCOCC)COc1ccccc1. The Hall–Kier alpha value is -2.38. The van der Waals surface area contributed by atoms with Crippen LogP contribution < -0.4 is 4.74 Å². The maximum Gasteiger partial charge on any atom is 0.330 e. The van der Waals surface area contributed by atoms with Crippen LogP contribution in [0.15, 0.2) is 43.0 Å². The second-order valence-electron chi connectivity index (χ2n) is 7.25. The Bertz CT molecular complexity index is 618. The first-order valence-corrected chi connectivity index (χ1v) is 11.5. The van der Waals surface area contributed by atoms with Crippen LogP contribution in [0, 0.1) is 0 Å². The molecule has 0 aliphatic rings. The Morgan fingerprint density at radius 1 is 0.906 bits per heavy atom. The summed E-state index contributed by atoms with van der Waals surface area (Å²) in [6.45, 7) is 8.27. The van der Waals surface area contributed by atoms with Gasteiger partial charge in [-0.05, 0) is 44.7 Å². The molecule has 0 bridgehead atoms. The number of hydrogen-bond acceptors (Lipinski definition) is 7. The van der Waals surface area contributed by atoms with E-state index in [-0.39, 0.29) is 12.6 Å². The van der Waals surface area contributed by atoms with Crippen LogP contribution >= 0.6 is 0 Å². The van der Waals surface area contributed by atoms with Gasteiger partial charge >= 0.3 is 11.9 Å². The van der Waals surface area contributed by atoms with Crippen LogP contribution in [0.25, 0.3) is 0 Å². The predicted octanol–water partition coefficient (Wildman–Crippen LogP) is 4.49. The summed E-state index contributed by atoms with van der Waals surface area (Å²) in [5.74, 6) is 0.0564. The van der Waals surface area contributed by atoms with Gasteiger partial charge in [0.25, 0.3) is 0 Å². The third-order valence-corrected chi connectivity index (χ3v) is 4.50. The number of carbonyl (C=O) groups is 2. The van der Waals surface area contributed by atoms with Crippen molar-refractivity contribution in [2.45, 2.75) is 58.0 Å². The summed E-state index contributed by atoms with van der Waals surface area (Å²) in [4.78, 5) is 23.2. The molecule has 0 heterocycles. The van der Waals surface area contributed by atoms with E-state index in [1.54, 1.807) is 0 Å². The van der Waals surface area contributed by atoms with Crippen molar-refractivity contribution in [2.24, 2.45) is 0 Å². The van der Waals surface area contributed by atoms with E-state index in [2.05, 4.69) is 6.58 Å². The summed E-state index contributed by atoms with van der Waals surface area (Å²) in [6.07, 6.45) is 6.08. The number of ether oxygens (including phenoxy) is 5. The normalized spacial score (nSPS) is 11.5. The second-order valence-corrected chi connectivity index (χ2v) is 7.25. The quantitative estimate of drug-likeness (QED) is 0.164. The average Bonchev–Trinajstić information content (AvgIpc) is 2.81. The molecular weight excluding hydrogens is 412 g/mol. The number of benzene rings is 1. The fourth-order valence-electron chi connectivity index (χ4n) is 2.79. The third-order valence-electron chi connectivity index (χ3n) is 4.50. The molecule has 1 rings (SSSR count). The van der Waals surface area contributed by atoms with Crippen LogP contribution in [0.1, 0.15) is 51.9 Å². The minimum atomic E-state index is -0.465. The molecule has 32 heavy (non-hydrogen) atoms. The third kappa shape index (κ3) is 15.4. The maximum atomic E-state index is 12.3. The maximum absolute atomic E-state index is 12.3. The summed E-state index contributed by atoms with van der Waals surface area (Å²) in [5.41, 5.74) is 0. The van der Waals surface area contributed by atoms with Gasteiger partial charge < -0.3 is 23.7 Å². The lowest BCUT2D eigenvalue weighted by atomic mass is 10.1. The molecule has 0 aliphatic heterocycles. The molecule has 0 N–H and O–H groups in total. The van der Waals surface area contributed by atoms with Gasteiger partial charge in [0.2, 0.25) is 0 Å². The van der Waals surface area contributed by atoms with E-state index in [0.717, 1.165) is 63.6 Å². The Kier molecular flexibility index (Phi) is 16.7. The van der Waals surface area contributed by atoms with E-state index in [9.17, 15) is 9.59 Å². The average molecular weight is 451 g/mol. The van der Waals surface area contributed by atoms with E-state index >= 15 is 0 Å². The molecule has 0 saturated carbocycles. The summed E-state index contributed by atoms with van der Waals surface area (Å²) in [5, 5.41) is 0. The van der Waals surface area contributed by atoms with Crippen LogP contribution in [0.4, 0.5) is 0 Å². The highest BCUT2D eigenvalue weighted by Crippen LogP contribution is 2.11. The molecule has 0 spiro atoms. The van der Waals surface area contributed by atoms with Crippen LogP contribution in [0.5, 0.6) is 5.75 Å². The van der Waals surface area contributed by atoms with E-state index in [1.807, 2.05) is 37.3 Å². The molecule has 7 nitrogen and oxygen atoms in total. The smallest absolute Gasteiger partial charge is 0.330 e. The topological polar surface area (TPSA) is 80.3 Å². The fraction of sp³-hybridized carbons (Fsp3) is 0.600. The van der Waals surface area contributed by atoms with E-state index in [4.69, 9.17) is 23.7 Å². The first-order chi connectivity index (χ1) is 15.7. The molecule has 1 atom stereocenters. The Labute approximate surface area is 192 Å². The molecule has 0 aliphatic carbocycles. The molecular formula is C25H38O7. The van der Waals surface area contributed by atoms with Crippen LogP contribution in [-0.4, -0.2) is 57.7 Å². The highest BCUT2D eigenvalue weighted by Gasteiger charge is 2.16. The lowest BCUT2D eigenvalue weighted by Crippen LogP contribution is -2.30. The Morgan fingerprint density at radius 3 is 2.31 bits per heavy atom. The molecule has 7 heteroatoms. The van der Waals surface area contributed by atoms with Gasteiger partial charge in [-0.1, -0.05) is 37.6 Å². The Balaban J connectivity index is 2.27. The highest BCUT2D eigenvalue weighted by atomic mass is 16.6. The van der Waals surface area contributed by atoms with E-state index in [1.165, 1.54) is 0 Å². The van der Waals surface area contributed by atoms with Gasteiger partial charge in [0.05, 0.1) is 13.2 Å². The van der Waals surface area contributed by atoms with Gasteiger partial charge in [-0.25, -0.2) is 4.79 Å². The zero-order chi connectivity index (χ0) is 23.3. The minimum absolute atomic E-state index is 0.239. The molecule has 1 unspecified atom stereocenters. The molecule has 0 fully saturated rings. The molecule has 0 saturated heterocycles. The number of para-hydroxylation sites is 1. The molecule has 0 amide bonds. The van der Waals surface area contributed by atoms with Crippen molar-refractivity contribution in [3.63, 3.8) is 0 Å². The molecule has 0 radical (unpaired) electrons. The molecule has 180 valence electrons. The fourth-order valence-corrected chi connectivity index (χ4v) is 2.79. The van der Waals surface area contributed by atoms with Crippen molar-refractivity contribution in [1.29, 1.82) is 0 Å². The van der Waals surface area contributed by atoms with Crippen molar-refractivity contribution in [1.82, 2.24) is 0 Å². The lowest BCUT2D eigenvalue weighted by molar-refractivity contribution is -0.154. The monoisotopic (exact) mass is 450 g/mol. The largest absolute Gasteiger partial charge is 0.490 e. The number of hydrogen-bond donors (Lipinski definition) is 0. The summed E-state index contributed by atoms with van der Waals surface area (Å²) >= 11 is 0. The highest BCUT2D eigenvalue weighted by molar-refractivity contribution is 5.81. The van der Waals surface area contributed by atoms with Crippen molar-refractivity contribution in [2.75, 3.05) is 39.6 Å². The van der Waals surface area contributed by atoms with E-state index < -0.39 is 12.1 Å². The summed E-state index contributed by atoms with van der Waals surface area (Å²) < 4.78 is 27.3. The predicted molar refractivity (Wildman–Crippen MR) is 123 cm³/mol. The van der Waals surface area contributed by atoms with Gasteiger partial charge in [0.1, 0.15) is 12.4 Å². The molecule has 1 aromatic rings. The lowest BCUT2D eigenvalue weighted by Gasteiger charge is -2.19. The van der Waals surface area contributed by atoms with Crippen molar-refractivity contribution < 1.29 is 33.3 Å². The standard InChI is InChI=1S/C25H38O7/c1-3-24(26)30-19-11-6-5-10-16-25(27)32-23(20-29-18-13-12-17-28-4-2)21-31-22-14-8-7-9-15-22/h3,7-9,14-15,23H,1,4-6,10-13,16-21H2,2H3. The molecule has 0 aromatic heterocycles. The number of esters is 2. The first kappa shape index (κ1) is 27.7. The zero-order valence-electron chi connectivity index (χ0n) is 19.3. The molecule has 1 aromatic carbocycles. The van der Waals surface area contributed by atoms with Gasteiger partial charge in [0, 0.05) is 32.3 Å². The Morgan fingerprint density at radius 2 is 1.59 bits per heavy atom.